The normalized spacial score (nSPS) is 16.3. The number of carbonyl (C=O) groups is 2. The van der Waals surface area contributed by atoms with Gasteiger partial charge in [0.05, 0.1) is 15.4 Å². The van der Waals surface area contributed by atoms with E-state index in [1.54, 1.807) is 12.3 Å². The smallest absolute Gasteiger partial charge is 0.262 e. The van der Waals surface area contributed by atoms with Gasteiger partial charge in [0.2, 0.25) is 5.91 Å². The Balaban J connectivity index is 1.65. The van der Waals surface area contributed by atoms with Crippen molar-refractivity contribution in [1.29, 1.82) is 0 Å². The number of primary amides is 1. The summed E-state index contributed by atoms with van der Waals surface area (Å²) in [5.74, 6) is -0.230. The van der Waals surface area contributed by atoms with Crippen LogP contribution in [0.2, 0.25) is 0 Å². The Kier molecular flexibility index (Phi) is 5.81. The molecule has 0 spiro atoms. The highest BCUT2D eigenvalue weighted by molar-refractivity contribution is 7.17. The maximum absolute atomic E-state index is 12.5. The Bertz CT molecular complexity index is 723. The van der Waals surface area contributed by atoms with Crippen molar-refractivity contribution >= 4 is 23.2 Å². The fraction of sp³-hybridized carbons (Fsp3) is 0.421. The van der Waals surface area contributed by atoms with Crippen LogP contribution in [0.5, 0.6) is 0 Å². The molecule has 2 aromatic rings. The van der Waals surface area contributed by atoms with Crippen LogP contribution in [-0.2, 0) is 4.79 Å². The minimum absolute atomic E-state index is 0.244. The SMILES string of the molecule is NC(=O)[C@H](CC1CCCCC1)NC(=O)c1ccc(-c2ccccn2)s1. The summed E-state index contributed by atoms with van der Waals surface area (Å²) in [6.45, 7) is 0. The maximum Gasteiger partial charge on any atom is 0.262 e. The van der Waals surface area contributed by atoms with Crippen LogP contribution in [0.15, 0.2) is 36.5 Å². The third-order valence-corrected chi connectivity index (χ3v) is 5.80. The van der Waals surface area contributed by atoms with Crippen LogP contribution >= 0.6 is 11.3 Å². The highest BCUT2D eigenvalue weighted by atomic mass is 32.1. The van der Waals surface area contributed by atoms with Gasteiger partial charge in [0.25, 0.3) is 5.91 Å². The molecule has 5 nitrogen and oxygen atoms in total. The molecule has 0 aromatic carbocycles. The van der Waals surface area contributed by atoms with E-state index in [0.717, 1.165) is 23.4 Å². The van der Waals surface area contributed by atoms with Gasteiger partial charge < -0.3 is 11.1 Å². The number of thiophene rings is 1. The lowest BCUT2D eigenvalue weighted by atomic mass is 9.84. The first kappa shape index (κ1) is 17.6. The maximum atomic E-state index is 12.5. The Morgan fingerprint density at radius 1 is 1.20 bits per heavy atom. The summed E-state index contributed by atoms with van der Waals surface area (Å²) < 4.78 is 0. The van der Waals surface area contributed by atoms with Crippen LogP contribution in [0.3, 0.4) is 0 Å². The molecule has 3 N–H and O–H groups in total. The van der Waals surface area contributed by atoms with E-state index in [4.69, 9.17) is 5.73 Å². The van der Waals surface area contributed by atoms with Crippen molar-refractivity contribution in [2.75, 3.05) is 0 Å². The first-order valence-electron chi connectivity index (χ1n) is 8.75. The van der Waals surface area contributed by atoms with Gasteiger partial charge in [-0.25, -0.2) is 0 Å². The fourth-order valence-electron chi connectivity index (χ4n) is 3.34. The summed E-state index contributed by atoms with van der Waals surface area (Å²) in [7, 11) is 0. The molecule has 6 heteroatoms. The first-order chi connectivity index (χ1) is 12.1. The van der Waals surface area contributed by atoms with Gasteiger partial charge in [0, 0.05) is 6.20 Å². The molecule has 0 saturated heterocycles. The number of carbonyl (C=O) groups excluding carboxylic acids is 2. The second-order valence-electron chi connectivity index (χ2n) is 6.55. The standard InChI is InChI=1S/C19H23N3O2S/c20-18(23)15(12-13-6-2-1-3-7-13)22-19(24)17-10-9-16(25-17)14-8-4-5-11-21-14/h4-5,8-11,13,15H,1-3,6-7,12H2,(H2,20,23)(H,22,24)/t15-/m0/s1. The predicted octanol–water partition coefficient (Wildman–Crippen LogP) is 3.36. The number of hydrogen-bond donors (Lipinski definition) is 2. The number of amides is 2. The number of hydrogen-bond acceptors (Lipinski definition) is 4. The van der Waals surface area contributed by atoms with Crippen molar-refractivity contribution in [2.45, 2.75) is 44.6 Å². The van der Waals surface area contributed by atoms with Crippen LogP contribution < -0.4 is 11.1 Å². The van der Waals surface area contributed by atoms with Crippen LogP contribution in [0.4, 0.5) is 0 Å². The van der Waals surface area contributed by atoms with Gasteiger partial charge in [-0.15, -0.1) is 11.3 Å². The summed E-state index contributed by atoms with van der Waals surface area (Å²) in [5, 5.41) is 2.82. The molecule has 1 aliphatic rings. The van der Waals surface area contributed by atoms with E-state index in [2.05, 4.69) is 10.3 Å². The number of nitrogens with zero attached hydrogens (tertiary/aromatic N) is 1. The predicted molar refractivity (Wildman–Crippen MR) is 99.2 cm³/mol. The average Bonchev–Trinajstić information content (AvgIpc) is 3.13. The molecule has 0 bridgehead atoms. The second kappa shape index (κ2) is 8.25. The van der Waals surface area contributed by atoms with Crippen molar-refractivity contribution in [3.8, 4) is 10.6 Å². The van der Waals surface area contributed by atoms with E-state index in [-0.39, 0.29) is 5.91 Å². The lowest BCUT2D eigenvalue weighted by molar-refractivity contribution is -0.120. The summed E-state index contributed by atoms with van der Waals surface area (Å²) in [6, 6.07) is 8.71. The molecule has 0 aliphatic heterocycles. The Labute approximate surface area is 151 Å². The Morgan fingerprint density at radius 3 is 2.68 bits per heavy atom. The number of nitrogens with one attached hydrogen (secondary N) is 1. The summed E-state index contributed by atoms with van der Waals surface area (Å²) in [5.41, 5.74) is 6.35. The molecule has 1 atom stereocenters. The third-order valence-electron chi connectivity index (χ3n) is 4.69. The molecule has 2 aromatic heterocycles. The number of pyridine rings is 1. The van der Waals surface area contributed by atoms with Crippen molar-refractivity contribution < 1.29 is 9.59 Å². The molecular weight excluding hydrogens is 334 g/mol. The zero-order valence-corrected chi connectivity index (χ0v) is 14.9. The number of nitrogens with two attached hydrogens (primary N) is 1. The van der Waals surface area contributed by atoms with Gasteiger partial charge in [-0.1, -0.05) is 38.2 Å². The molecule has 2 amide bonds. The van der Waals surface area contributed by atoms with Crippen molar-refractivity contribution in [2.24, 2.45) is 11.7 Å². The number of aromatic nitrogens is 1. The van der Waals surface area contributed by atoms with Gasteiger partial charge in [-0.3, -0.25) is 14.6 Å². The van der Waals surface area contributed by atoms with Crippen molar-refractivity contribution in [1.82, 2.24) is 10.3 Å². The molecule has 1 aliphatic carbocycles. The molecule has 2 heterocycles. The molecule has 0 unspecified atom stereocenters. The van der Waals surface area contributed by atoms with Crippen molar-refractivity contribution in [3.63, 3.8) is 0 Å². The van der Waals surface area contributed by atoms with E-state index in [1.165, 1.54) is 30.6 Å². The molecule has 3 rings (SSSR count). The molecule has 132 valence electrons. The molecule has 1 saturated carbocycles. The Morgan fingerprint density at radius 2 is 2.00 bits per heavy atom. The topological polar surface area (TPSA) is 85.1 Å². The van der Waals surface area contributed by atoms with Crippen molar-refractivity contribution in [3.05, 3.63) is 41.4 Å². The largest absolute Gasteiger partial charge is 0.368 e. The summed E-state index contributed by atoms with van der Waals surface area (Å²) >= 11 is 1.37. The lowest BCUT2D eigenvalue weighted by Crippen LogP contribution is -2.45. The highest BCUT2D eigenvalue weighted by Gasteiger charge is 2.25. The lowest BCUT2D eigenvalue weighted by Gasteiger charge is -2.25. The van der Waals surface area contributed by atoms with Crippen LogP contribution in [0, 0.1) is 5.92 Å². The zero-order valence-electron chi connectivity index (χ0n) is 14.1. The average molecular weight is 357 g/mol. The monoisotopic (exact) mass is 357 g/mol. The van der Waals surface area contributed by atoms with Gasteiger partial charge in [-0.2, -0.15) is 0 Å². The molecular formula is C19H23N3O2S. The summed E-state index contributed by atoms with van der Waals surface area (Å²) in [4.78, 5) is 30.1. The van der Waals surface area contributed by atoms with Gasteiger partial charge in [0.15, 0.2) is 0 Å². The minimum atomic E-state index is -0.601. The quantitative estimate of drug-likeness (QED) is 0.831. The third kappa shape index (κ3) is 4.66. The fourth-order valence-corrected chi connectivity index (χ4v) is 4.22. The van der Waals surface area contributed by atoms with E-state index in [1.807, 2.05) is 24.3 Å². The molecule has 25 heavy (non-hydrogen) atoms. The van der Waals surface area contributed by atoms with Crippen LogP contribution in [0.25, 0.3) is 10.6 Å². The van der Waals surface area contributed by atoms with E-state index in [9.17, 15) is 9.59 Å². The highest BCUT2D eigenvalue weighted by Crippen LogP contribution is 2.28. The van der Waals surface area contributed by atoms with Gasteiger partial charge >= 0.3 is 0 Å². The molecule has 0 radical (unpaired) electrons. The van der Waals surface area contributed by atoms with Gasteiger partial charge in [0.1, 0.15) is 6.04 Å². The van der Waals surface area contributed by atoms with Crippen LogP contribution in [-0.4, -0.2) is 22.8 Å². The molecule has 1 fully saturated rings. The van der Waals surface area contributed by atoms with Crippen LogP contribution in [0.1, 0.15) is 48.2 Å². The first-order valence-corrected chi connectivity index (χ1v) is 9.56. The minimum Gasteiger partial charge on any atom is -0.368 e. The van der Waals surface area contributed by atoms with E-state index < -0.39 is 11.9 Å². The van der Waals surface area contributed by atoms with E-state index >= 15 is 0 Å². The second-order valence-corrected chi connectivity index (χ2v) is 7.63. The summed E-state index contributed by atoms with van der Waals surface area (Å²) in [6.07, 6.45) is 8.24. The van der Waals surface area contributed by atoms with Gasteiger partial charge in [-0.05, 0) is 36.6 Å². The Hall–Kier alpha value is -2.21. The van der Waals surface area contributed by atoms with E-state index in [0.29, 0.717) is 17.2 Å². The zero-order chi connectivity index (χ0) is 17.6. The number of rotatable bonds is 6.